The molecule has 0 aliphatic rings. The third kappa shape index (κ3) is 2.96. The summed E-state index contributed by atoms with van der Waals surface area (Å²) in [5, 5.41) is 0. The largest absolute Gasteiger partial charge is 0.333 e. The fraction of sp³-hybridized carbons (Fsp3) is 0.357. The molecule has 0 amide bonds. The van der Waals surface area contributed by atoms with Crippen LogP contribution in [0.15, 0.2) is 43.0 Å². The Morgan fingerprint density at radius 3 is 2.50 bits per heavy atom. The van der Waals surface area contributed by atoms with Crippen LogP contribution in [-0.2, 0) is 13.0 Å². The minimum Gasteiger partial charge on any atom is -0.333 e. The molecule has 0 aliphatic carbocycles. The standard InChI is InChI=1S/C14H18N2/c1-2-3-4-13-5-7-14(8-6-13)11-16-10-9-15-12-16/h5-10,12H,2-4,11H2,1H3. The lowest BCUT2D eigenvalue weighted by Gasteiger charge is -2.04. The number of aromatic nitrogens is 2. The average molecular weight is 214 g/mol. The van der Waals surface area contributed by atoms with E-state index < -0.39 is 0 Å². The second-order valence-electron chi connectivity index (χ2n) is 4.16. The Morgan fingerprint density at radius 2 is 1.88 bits per heavy atom. The number of imidazole rings is 1. The van der Waals surface area contributed by atoms with E-state index in [1.165, 1.54) is 30.4 Å². The summed E-state index contributed by atoms with van der Waals surface area (Å²) in [4.78, 5) is 4.04. The van der Waals surface area contributed by atoms with Crippen LogP contribution in [0.5, 0.6) is 0 Å². The Hall–Kier alpha value is -1.57. The monoisotopic (exact) mass is 214 g/mol. The summed E-state index contributed by atoms with van der Waals surface area (Å²) in [6.45, 7) is 3.14. The molecule has 0 saturated heterocycles. The summed E-state index contributed by atoms with van der Waals surface area (Å²) in [5.74, 6) is 0. The molecule has 0 radical (unpaired) electrons. The molecule has 0 N–H and O–H groups in total. The van der Waals surface area contributed by atoms with Crippen LogP contribution in [0, 0.1) is 0 Å². The summed E-state index contributed by atoms with van der Waals surface area (Å²) in [5.41, 5.74) is 2.77. The van der Waals surface area contributed by atoms with Gasteiger partial charge in [-0.2, -0.15) is 0 Å². The Morgan fingerprint density at radius 1 is 1.12 bits per heavy atom. The Balaban J connectivity index is 1.96. The van der Waals surface area contributed by atoms with Crippen molar-refractivity contribution in [1.29, 1.82) is 0 Å². The van der Waals surface area contributed by atoms with Crippen molar-refractivity contribution >= 4 is 0 Å². The second kappa shape index (κ2) is 5.50. The van der Waals surface area contributed by atoms with Gasteiger partial charge in [-0.3, -0.25) is 0 Å². The van der Waals surface area contributed by atoms with E-state index in [0.29, 0.717) is 0 Å². The fourth-order valence-corrected chi connectivity index (χ4v) is 1.78. The van der Waals surface area contributed by atoms with Crippen LogP contribution in [-0.4, -0.2) is 9.55 Å². The van der Waals surface area contributed by atoms with Gasteiger partial charge in [0, 0.05) is 18.9 Å². The maximum atomic E-state index is 4.04. The minimum absolute atomic E-state index is 0.911. The molecule has 0 fully saturated rings. The van der Waals surface area contributed by atoms with Gasteiger partial charge in [0.2, 0.25) is 0 Å². The van der Waals surface area contributed by atoms with E-state index in [4.69, 9.17) is 0 Å². The van der Waals surface area contributed by atoms with E-state index in [9.17, 15) is 0 Å². The summed E-state index contributed by atoms with van der Waals surface area (Å²) < 4.78 is 2.08. The quantitative estimate of drug-likeness (QED) is 0.747. The van der Waals surface area contributed by atoms with Crippen LogP contribution in [0.1, 0.15) is 30.9 Å². The lowest BCUT2D eigenvalue weighted by atomic mass is 10.1. The van der Waals surface area contributed by atoms with E-state index in [-0.39, 0.29) is 0 Å². The van der Waals surface area contributed by atoms with Crippen molar-refractivity contribution in [2.24, 2.45) is 0 Å². The van der Waals surface area contributed by atoms with Gasteiger partial charge in [0.25, 0.3) is 0 Å². The molecule has 1 aromatic heterocycles. The molecule has 2 aromatic rings. The molecule has 0 unspecified atom stereocenters. The molecule has 0 aliphatic heterocycles. The Bertz CT molecular complexity index is 401. The average Bonchev–Trinajstić information content (AvgIpc) is 2.81. The van der Waals surface area contributed by atoms with Crippen LogP contribution in [0.2, 0.25) is 0 Å². The first-order valence-corrected chi connectivity index (χ1v) is 5.92. The normalized spacial score (nSPS) is 10.6. The zero-order chi connectivity index (χ0) is 11.2. The van der Waals surface area contributed by atoms with E-state index in [1.807, 2.05) is 18.7 Å². The van der Waals surface area contributed by atoms with Gasteiger partial charge in [-0.05, 0) is 24.0 Å². The van der Waals surface area contributed by atoms with Crippen molar-refractivity contribution in [3.63, 3.8) is 0 Å². The second-order valence-corrected chi connectivity index (χ2v) is 4.16. The van der Waals surface area contributed by atoms with Crippen LogP contribution < -0.4 is 0 Å². The SMILES string of the molecule is CCCCc1ccc(Cn2ccnc2)cc1. The van der Waals surface area contributed by atoms with Crippen molar-refractivity contribution in [3.8, 4) is 0 Å². The third-order valence-electron chi connectivity index (χ3n) is 2.77. The zero-order valence-corrected chi connectivity index (χ0v) is 9.76. The molecule has 16 heavy (non-hydrogen) atoms. The number of nitrogens with zero attached hydrogens (tertiary/aromatic N) is 2. The molecule has 2 heteroatoms. The molecule has 0 spiro atoms. The molecular formula is C14H18N2. The van der Waals surface area contributed by atoms with Crippen LogP contribution >= 0.6 is 0 Å². The van der Waals surface area contributed by atoms with E-state index in [2.05, 4.69) is 40.7 Å². The molecule has 84 valence electrons. The van der Waals surface area contributed by atoms with Gasteiger partial charge < -0.3 is 4.57 Å². The number of rotatable bonds is 5. The highest BCUT2D eigenvalue weighted by molar-refractivity contribution is 5.22. The van der Waals surface area contributed by atoms with Crippen molar-refractivity contribution in [2.75, 3.05) is 0 Å². The highest BCUT2D eigenvalue weighted by Gasteiger charge is 1.96. The number of unbranched alkanes of at least 4 members (excludes halogenated alkanes) is 1. The summed E-state index contributed by atoms with van der Waals surface area (Å²) >= 11 is 0. The maximum Gasteiger partial charge on any atom is 0.0949 e. The summed E-state index contributed by atoms with van der Waals surface area (Å²) in [6.07, 6.45) is 9.39. The first-order chi connectivity index (χ1) is 7.88. The van der Waals surface area contributed by atoms with E-state index >= 15 is 0 Å². The lowest BCUT2D eigenvalue weighted by molar-refractivity contribution is 0.785. The van der Waals surface area contributed by atoms with Gasteiger partial charge in [-0.25, -0.2) is 4.98 Å². The number of hydrogen-bond donors (Lipinski definition) is 0. The van der Waals surface area contributed by atoms with Gasteiger partial charge in [0.05, 0.1) is 6.33 Å². The smallest absolute Gasteiger partial charge is 0.0949 e. The van der Waals surface area contributed by atoms with Crippen LogP contribution in [0.4, 0.5) is 0 Å². The number of aryl methyl sites for hydroxylation is 1. The Kier molecular flexibility index (Phi) is 3.76. The summed E-state index contributed by atoms with van der Waals surface area (Å²) in [7, 11) is 0. The van der Waals surface area contributed by atoms with E-state index in [0.717, 1.165) is 6.54 Å². The van der Waals surface area contributed by atoms with Gasteiger partial charge in [0.1, 0.15) is 0 Å². The van der Waals surface area contributed by atoms with E-state index in [1.54, 1.807) is 0 Å². The van der Waals surface area contributed by atoms with Crippen LogP contribution in [0.3, 0.4) is 0 Å². The fourth-order valence-electron chi connectivity index (χ4n) is 1.78. The topological polar surface area (TPSA) is 17.8 Å². The van der Waals surface area contributed by atoms with Gasteiger partial charge in [0.15, 0.2) is 0 Å². The summed E-state index contributed by atoms with van der Waals surface area (Å²) in [6, 6.07) is 8.90. The van der Waals surface area contributed by atoms with Crippen molar-refractivity contribution < 1.29 is 0 Å². The van der Waals surface area contributed by atoms with Gasteiger partial charge in [-0.15, -0.1) is 0 Å². The third-order valence-corrected chi connectivity index (χ3v) is 2.77. The van der Waals surface area contributed by atoms with Gasteiger partial charge in [-0.1, -0.05) is 37.6 Å². The molecule has 0 bridgehead atoms. The highest BCUT2D eigenvalue weighted by atomic mass is 15.0. The molecule has 1 heterocycles. The van der Waals surface area contributed by atoms with Crippen molar-refractivity contribution in [3.05, 3.63) is 54.1 Å². The number of hydrogen-bond acceptors (Lipinski definition) is 1. The molecule has 1 aromatic carbocycles. The molecule has 0 saturated carbocycles. The van der Waals surface area contributed by atoms with Crippen molar-refractivity contribution in [2.45, 2.75) is 32.7 Å². The zero-order valence-electron chi connectivity index (χ0n) is 9.76. The van der Waals surface area contributed by atoms with Crippen molar-refractivity contribution in [1.82, 2.24) is 9.55 Å². The van der Waals surface area contributed by atoms with Gasteiger partial charge >= 0.3 is 0 Å². The molecule has 2 nitrogen and oxygen atoms in total. The number of benzene rings is 1. The molecular weight excluding hydrogens is 196 g/mol. The lowest BCUT2D eigenvalue weighted by Crippen LogP contribution is -1.96. The highest BCUT2D eigenvalue weighted by Crippen LogP contribution is 2.09. The minimum atomic E-state index is 0.911. The molecule has 0 atom stereocenters. The maximum absolute atomic E-state index is 4.04. The first kappa shape index (κ1) is 10.9. The first-order valence-electron chi connectivity index (χ1n) is 5.92. The predicted molar refractivity (Wildman–Crippen MR) is 66.4 cm³/mol. The Labute approximate surface area is 97.0 Å². The van der Waals surface area contributed by atoms with Crippen LogP contribution in [0.25, 0.3) is 0 Å². The molecule has 2 rings (SSSR count). The predicted octanol–water partition coefficient (Wildman–Crippen LogP) is 3.27.